The number of pyridine rings is 2. The maximum absolute atomic E-state index is 4.00. The number of nitrogens with zero attached hydrogens (tertiary/aromatic N) is 2. The molecule has 0 aromatic carbocycles. The van der Waals surface area contributed by atoms with E-state index in [9.17, 15) is 0 Å². The predicted octanol–water partition coefficient (Wildman–Crippen LogP) is 3.95. The highest BCUT2D eigenvalue weighted by Crippen LogP contribution is 2.08. The van der Waals surface area contributed by atoms with E-state index in [0.29, 0.717) is 0 Å². The van der Waals surface area contributed by atoms with Gasteiger partial charge in [0.1, 0.15) is 0 Å². The molecule has 0 bridgehead atoms. The summed E-state index contributed by atoms with van der Waals surface area (Å²) in [5, 5.41) is 6.82. The van der Waals surface area contributed by atoms with Crippen molar-refractivity contribution in [2.45, 2.75) is 32.1 Å². The van der Waals surface area contributed by atoms with E-state index in [0.717, 1.165) is 24.5 Å². The van der Waals surface area contributed by atoms with Crippen molar-refractivity contribution in [3.8, 4) is 0 Å². The number of hydrogen-bond donors (Lipinski definition) is 2. The summed E-state index contributed by atoms with van der Waals surface area (Å²) in [5.74, 6) is 0. The van der Waals surface area contributed by atoms with E-state index >= 15 is 0 Å². The van der Waals surface area contributed by atoms with Crippen molar-refractivity contribution in [3.63, 3.8) is 0 Å². The predicted molar refractivity (Wildman–Crippen MR) is 88.5 cm³/mol. The lowest BCUT2D eigenvalue weighted by Gasteiger charge is -2.07. The minimum Gasteiger partial charge on any atom is -0.385 e. The third-order valence-corrected chi connectivity index (χ3v) is 3.37. The number of nitrogens with one attached hydrogen (secondary N) is 2. The minimum atomic E-state index is 1.04. The van der Waals surface area contributed by atoms with Gasteiger partial charge in [0.05, 0.1) is 0 Å². The highest BCUT2D eigenvalue weighted by Gasteiger charge is 1.93. The van der Waals surface area contributed by atoms with E-state index in [1.54, 1.807) is 0 Å². The first-order valence-electron chi connectivity index (χ1n) is 7.73. The third-order valence-electron chi connectivity index (χ3n) is 3.37. The Labute approximate surface area is 127 Å². The zero-order chi connectivity index (χ0) is 14.6. The molecule has 2 N–H and O–H groups in total. The molecule has 2 rings (SSSR count). The van der Waals surface area contributed by atoms with Crippen LogP contribution in [0, 0.1) is 0 Å². The Hall–Kier alpha value is -2.10. The Kier molecular flexibility index (Phi) is 7.10. The van der Waals surface area contributed by atoms with Crippen LogP contribution in [0.1, 0.15) is 32.1 Å². The fraction of sp³-hybridized carbons (Fsp3) is 0.412. The highest BCUT2D eigenvalue weighted by molar-refractivity contribution is 5.41. The lowest BCUT2D eigenvalue weighted by molar-refractivity contribution is 0.635. The standard InChI is InChI=1S/C17H24N4/c1(2-4-10-20-16-6-12-18-13-7-16)3-5-11-21-17-8-14-19-15-9-17/h6-9,12-15H,1-5,10-11H2,(H,18,20)(H,19,21). The van der Waals surface area contributed by atoms with E-state index in [2.05, 4.69) is 20.6 Å². The molecule has 0 atom stereocenters. The number of rotatable bonds is 10. The molecule has 0 aliphatic rings. The molecule has 112 valence electrons. The van der Waals surface area contributed by atoms with Crippen LogP contribution in [0.5, 0.6) is 0 Å². The quantitative estimate of drug-likeness (QED) is 0.649. The van der Waals surface area contributed by atoms with Crippen LogP contribution >= 0.6 is 0 Å². The van der Waals surface area contributed by atoms with Gasteiger partial charge in [-0.3, -0.25) is 9.97 Å². The average Bonchev–Trinajstić information content (AvgIpc) is 2.55. The summed E-state index contributed by atoms with van der Waals surface area (Å²) in [7, 11) is 0. The first kappa shape index (κ1) is 15.3. The lowest BCUT2D eigenvalue weighted by atomic mass is 10.1. The molecular formula is C17H24N4. The summed E-state index contributed by atoms with van der Waals surface area (Å²) >= 11 is 0. The van der Waals surface area contributed by atoms with Gasteiger partial charge in [-0.05, 0) is 37.1 Å². The molecule has 2 aromatic rings. The maximum Gasteiger partial charge on any atom is 0.0371 e. The number of anilines is 2. The Morgan fingerprint density at radius 1 is 0.571 bits per heavy atom. The van der Waals surface area contributed by atoms with Crippen molar-refractivity contribution >= 4 is 11.4 Å². The monoisotopic (exact) mass is 284 g/mol. The first-order chi connectivity index (χ1) is 10.4. The van der Waals surface area contributed by atoms with Crippen molar-refractivity contribution in [3.05, 3.63) is 49.1 Å². The second-order valence-corrected chi connectivity index (χ2v) is 5.09. The molecule has 4 nitrogen and oxygen atoms in total. The summed E-state index contributed by atoms with van der Waals surface area (Å²) in [4.78, 5) is 8.01. The van der Waals surface area contributed by atoms with Crippen LogP contribution in [0.2, 0.25) is 0 Å². The van der Waals surface area contributed by atoms with Crippen molar-refractivity contribution in [1.82, 2.24) is 9.97 Å². The molecule has 2 aromatic heterocycles. The van der Waals surface area contributed by atoms with Crippen LogP contribution in [0.15, 0.2) is 49.1 Å². The first-order valence-corrected chi connectivity index (χ1v) is 7.73. The molecule has 0 saturated heterocycles. The van der Waals surface area contributed by atoms with E-state index in [1.165, 1.54) is 32.1 Å². The van der Waals surface area contributed by atoms with Gasteiger partial charge >= 0.3 is 0 Å². The zero-order valence-corrected chi connectivity index (χ0v) is 12.5. The van der Waals surface area contributed by atoms with Gasteiger partial charge in [-0.1, -0.05) is 19.3 Å². The smallest absolute Gasteiger partial charge is 0.0371 e. The molecule has 0 aliphatic heterocycles. The van der Waals surface area contributed by atoms with Gasteiger partial charge < -0.3 is 10.6 Å². The van der Waals surface area contributed by atoms with Crippen LogP contribution in [0.3, 0.4) is 0 Å². The Balaban J connectivity index is 1.40. The van der Waals surface area contributed by atoms with E-state index in [-0.39, 0.29) is 0 Å². The fourth-order valence-corrected chi connectivity index (χ4v) is 2.19. The fourth-order valence-electron chi connectivity index (χ4n) is 2.19. The van der Waals surface area contributed by atoms with Crippen LogP contribution in [0.25, 0.3) is 0 Å². The van der Waals surface area contributed by atoms with Gasteiger partial charge in [0, 0.05) is 49.3 Å². The van der Waals surface area contributed by atoms with Gasteiger partial charge in [0.15, 0.2) is 0 Å². The largest absolute Gasteiger partial charge is 0.385 e. The number of unbranched alkanes of at least 4 members (excludes halogenated alkanes) is 4. The van der Waals surface area contributed by atoms with Crippen molar-refractivity contribution < 1.29 is 0 Å². The number of hydrogen-bond acceptors (Lipinski definition) is 4. The Bertz CT molecular complexity index is 427. The molecule has 0 amide bonds. The summed E-state index contributed by atoms with van der Waals surface area (Å²) in [6.45, 7) is 2.08. The van der Waals surface area contributed by atoms with Crippen LogP contribution < -0.4 is 10.6 Å². The van der Waals surface area contributed by atoms with Crippen LogP contribution in [-0.4, -0.2) is 23.1 Å². The minimum absolute atomic E-state index is 1.04. The lowest BCUT2D eigenvalue weighted by Crippen LogP contribution is -2.02. The van der Waals surface area contributed by atoms with Gasteiger partial charge in [-0.2, -0.15) is 0 Å². The normalized spacial score (nSPS) is 10.3. The summed E-state index contributed by atoms with van der Waals surface area (Å²) in [5.41, 5.74) is 2.32. The van der Waals surface area contributed by atoms with Gasteiger partial charge in [0.25, 0.3) is 0 Å². The Morgan fingerprint density at radius 3 is 1.38 bits per heavy atom. The summed E-state index contributed by atoms with van der Waals surface area (Å²) in [6, 6.07) is 8.02. The van der Waals surface area contributed by atoms with Gasteiger partial charge in [0.2, 0.25) is 0 Å². The molecule has 0 spiro atoms. The van der Waals surface area contributed by atoms with Crippen molar-refractivity contribution in [2.75, 3.05) is 23.7 Å². The zero-order valence-electron chi connectivity index (χ0n) is 12.5. The van der Waals surface area contributed by atoms with Gasteiger partial charge in [-0.25, -0.2) is 0 Å². The number of aromatic nitrogens is 2. The molecule has 2 heterocycles. The van der Waals surface area contributed by atoms with Crippen molar-refractivity contribution in [1.29, 1.82) is 0 Å². The second-order valence-electron chi connectivity index (χ2n) is 5.09. The highest BCUT2D eigenvalue weighted by atomic mass is 14.9. The molecule has 0 unspecified atom stereocenters. The molecule has 0 radical (unpaired) electrons. The maximum atomic E-state index is 4.00. The molecule has 0 fully saturated rings. The second kappa shape index (κ2) is 9.75. The topological polar surface area (TPSA) is 49.8 Å². The average molecular weight is 284 g/mol. The molecular weight excluding hydrogens is 260 g/mol. The Morgan fingerprint density at radius 2 is 0.952 bits per heavy atom. The van der Waals surface area contributed by atoms with E-state index < -0.39 is 0 Å². The third kappa shape index (κ3) is 6.75. The van der Waals surface area contributed by atoms with Crippen LogP contribution in [0.4, 0.5) is 11.4 Å². The van der Waals surface area contributed by atoms with Gasteiger partial charge in [-0.15, -0.1) is 0 Å². The molecule has 4 heteroatoms. The van der Waals surface area contributed by atoms with Crippen LogP contribution in [-0.2, 0) is 0 Å². The van der Waals surface area contributed by atoms with Crippen molar-refractivity contribution in [2.24, 2.45) is 0 Å². The van der Waals surface area contributed by atoms with E-state index in [4.69, 9.17) is 0 Å². The molecule has 0 aliphatic carbocycles. The SMILES string of the molecule is c1cc(NCCCCCCCNc2ccncc2)ccn1. The molecule has 21 heavy (non-hydrogen) atoms. The summed E-state index contributed by atoms with van der Waals surface area (Å²) < 4.78 is 0. The van der Waals surface area contributed by atoms with E-state index in [1.807, 2.05) is 49.1 Å². The molecule has 0 saturated carbocycles. The summed E-state index contributed by atoms with van der Waals surface area (Å²) in [6.07, 6.45) is 13.6.